The molecule has 2 aliphatic heterocycles. The average Bonchev–Trinajstić information content (AvgIpc) is 2.37. The maximum atomic E-state index is 5.53. The lowest BCUT2D eigenvalue weighted by Gasteiger charge is -2.46. The Bertz CT molecular complexity index is 389. The van der Waals surface area contributed by atoms with Gasteiger partial charge in [-0.25, -0.2) is 0 Å². The van der Waals surface area contributed by atoms with Gasteiger partial charge in [0.2, 0.25) is 0 Å². The van der Waals surface area contributed by atoms with E-state index in [0.717, 1.165) is 32.8 Å². The Kier molecular flexibility index (Phi) is 3.37. The summed E-state index contributed by atoms with van der Waals surface area (Å²) in [6.45, 7) is 5.12. The molecule has 0 aliphatic carbocycles. The van der Waals surface area contributed by atoms with Crippen LogP contribution in [-0.2, 0) is 10.2 Å². The van der Waals surface area contributed by atoms with Crippen LogP contribution in [0.2, 0.25) is 0 Å². The summed E-state index contributed by atoms with van der Waals surface area (Å²) in [7, 11) is 2.24. The molecule has 0 aromatic heterocycles. The van der Waals surface area contributed by atoms with Crippen LogP contribution in [0.4, 0.5) is 0 Å². The van der Waals surface area contributed by atoms with E-state index in [2.05, 4.69) is 47.6 Å². The van der Waals surface area contributed by atoms with Crippen LogP contribution in [0.25, 0.3) is 0 Å². The molecule has 1 unspecified atom stereocenters. The van der Waals surface area contributed by atoms with Crippen LogP contribution >= 0.6 is 0 Å². The second kappa shape index (κ2) is 5.00. The van der Waals surface area contributed by atoms with Gasteiger partial charge in [-0.3, -0.25) is 0 Å². The molecule has 3 rings (SSSR count). The third-order valence-electron chi connectivity index (χ3n) is 4.41. The molecule has 0 bridgehead atoms. The Hall–Kier alpha value is -0.900. The number of benzene rings is 1. The van der Waals surface area contributed by atoms with Gasteiger partial charge in [0.05, 0.1) is 13.2 Å². The molecule has 2 heterocycles. The van der Waals surface area contributed by atoms with Gasteiger partial charge in [0.1, 0.15) is 0 Å². The third kappa shape index (κ3) is 2.18. The molecule has 2 fully saturated rings. The Morgan fingerprint density at radius 3 is 2.72 bits per heavy atom. The topological polar surface area (TPSA) is 24.5 Å². The highest BCUT2D eigenvalue weighted by Crippen LogP contribution is 2.37. The second-order valence-electron chi connectivity index (χ2n) is 5.68. The molecular weight excluding hydrogens is 224 g/mol. The third-order valence-corrected chi connectivity index (χ3v) is 4.41. The molecule has 0 amide bonds. The lowest BCUT2D eigenvalue weighted by Crippen LogP contribution is -2.56. The van der Waals surface area contributed by atoms with Crippen LogP contribution in [0.5, 0.6) is 0 Å². The van der Waals surface area contributed by atoms with Gasteiger partial charge < -0.3 is 15.0 Å². The van der Waals surface area contributed by atoms with E-state index in [-0.39, 0.29) is 5.41 Å². The molecule has 0 spiro atoms. The zero-order valence-corrected chi connectivity index (χ0v) is 11.1. The van der Waals surface area contributed by atoms with Gasteiger partial charge in [0.25, 0.3) is 0 Å². The molecule has 3 nitrogen and oxygen atoms in total. The number of nitrogens with one attached hydrogen (secondary N) is 1. The van der Waals surface area contributed by atoms with E-state index in [1.54, 1.807) is 0 Å². The van der Waals surface area contributed by atoms with Gasteiger partial charge in [-0.1, -0.05) is 30.3 Å². The number of likely N-dealkylation sites (N-methyl/N-ethyl adjacent to an activating group) is 1. The van der Waals surface area contributed by atoms with Crippen molar-refractivity contribution in [2.24, 2.45) is 0 Å². The Balaban J connectivity index is 1.76. The molecule has 1 aromatic rings. The van der Waals surface area contributed by atoms with Gasteiger partial charge in [-0.15, -0.1) is 0 Å². The van der Waals surface area contributed by atoms with E-state index < -0.39 is 0 Å². The van der Waals surface area contributed by atoms with Gasteiger partial charge in [0, 0.05) is 31.1 Å². The number of hydrogen-bond acceptors (Lipinski definition) is 3. The summed E-state index contributed by atoms with van der Waals surface area (Å²) in [5.74, 6) is 0. The van der Waals surface area contributed by atoms with E-state index >= 15 is 0 Å². The summed E-state index contributed by atoms with van der Waals surface area (Å²) in [6.07, 6.45) is 1.19. The fourth-order valence-electron chi connectivity index (χ4n) is 3.08. The zero-order chi connectivity index (χ0) is 12.4. The predicted octanol–water partition coefficient (Wildman–Crippen LogP) is 1.25. The number of rotatable bonds is 3. The van der Waals surface area contributed by atoms with Crippen molar-refractivity contribution in [2.75, 3.05) is 39.9 Å². The van der Waals surface area contributed by atoms with Crippen molar-refractivity contribution in [3.63, 3.8) is 0 Å². The Morgan fingerprint density at radius 2 is 2.11 bits per heavy atom. The first-order valence-corrected chi connectivity index (χ1v) is 6.84. The highest BCUT2D eigenvalue weighted by Gasteiger charge is 2.42. The monoisotopic (exact) mass is 246 g/mol. The van der Waals surface area contributed by atoms with Crippen LogP contribution in [-0.4, -0.2) is 50.8 Å². The molecule has 3 heteroatoms. The largest absolute Gasteiger partial charge is 0.379 e. The first-order chi connectivity index (χ1) is 8.80. The van der Waals surface area contributed by atoms with E-state index in [1.165, 1.54) is 12.0 Å². The molecule has 98 valence electrons. The van der Waals surface area contributed by atoms with E-state index in [1.807, 2.05) is 0 Å². The normalized spacial score (nSPS) is 27.7. The van der Waals surface area contributed by atoms with Crippen LogP contribution in [0.1, 0.15) is 12.0 Å². The maximum absolute atomic E-state index is 5.53. The van der Waals surface area contributed by atoms with Crippen molar-refractivity contribution in [1.82, 2.24) is 10.2 Å². The Morgan fingerprint density at radius 1 is 1.33 bits per heavy atom. The van der Waals surface area contributed by atoms with Gasteiger partial charge in [-0.2, -0.15) is 0 Å². The number of ether oxygens (including phenoxy) is 1. The zero-order valence-electron chi connectivity index (χ0n) is 11.1. The minimum Gasteiger partial charge on any atom is -0.379 e. The van der Waals surface area contributed by atoms with Crippen molar-refractivity contribution in [2.45, 2.75) is 17.9 Å². The van der Waals surface area contributed by atoms with Gasteiger partial charge in [-0.05, 0) is 19.0 Å². The van der Waals surface area contributed by atoms with Crippen molar-refractivity contribution < 1.29 is 4.74 Å². The summed E-state index contributed by atoms with van der Waals surface area (Å²) >= 11 is 0. The van der Waals surface area contributed by atoms with Crippen molar-refractivity contribution in [3.8, 4) is 0 Å². The first-order valence-electron chi connectivity index (χ1n) is 6.84. The summed E-state index contributed by atoms with van der Waals surface area (Å²) in [5, 5.41) is 3.50. The average molecular weight is 246 g/mol. The number of piperazine rings is 1. The molecule has 1 atom stereocenters. The molecule has 0 radical (unpaired) electrons. The van der Waals surface area contributed by atoms with Crippen LogP contribution in [0.3, 0.4) is 0 Å². The lowest BCUT2D eigenvalue weighted by molar-refractivity contribution is -0.0753. The van der Waals surface area contributed by atoms with E-state index in [0.29, 0.717) is 6.04 Å². The van der Waals surface area contributed by atoms with Crippen molar-refractivity contribution in [3.05, 3.63) is 35.9 Å². The van der Waals surface area contributed by atoms with Gasteiger partial charge in [0.15, 0.2) is 0 Å². The summed E-state index contributed by atoms with van der Waals surface area (Å²) < 4.78 is 5.53. The summed E-state index contributed by atoms with van der Waals surface area (Å²) in [4.78, 5) is 2.49. The lowest BCUT2D eigenvalue weighted by atomic mass is 9.73. The van der Waals surface area contributed by atoms with Crippen LogP contribution < -0.4 is 5.32 Å². The van der Waals surface area contributed by atoms with Crippen molar-refractivity contribution >= 4 is 0 Å². The molecule has 2 aliphatic rings. The first kappa shape index (κ1) is 12.2. The second-order valence-corrected chi connectivity index (χ2v) is 5.68. The molecule has 1 aromatic carbocycles. The minimum absolute atomic E-state index is 0.249. The summed E-state index contributed by atoms with van der Waals surface area (Å²) in [5.41, 5.74) is 1.69. The van der Waals surface area contributed by atoms with Crippen LogP contribution in [0.15, 0.2) is 30.3 Å². The standard InChI is InChI=1S/C15H22N2O/c1-17-8-7-16-10-14(17)9-15(11-18-12-15)13-5-3-2-4-6-13/h2-6,14,16H,7-12H2,1H3. The molecule has 2 saturated heterocycles. The minimum atomic E-state index is 0.249. The van der Waals surface area contributed by atoms with E-state index in [9.17, 15) is 0 Å². The number of hydrogen-bond donors (Lipinski definition) is 1. The molecular formula is C15H22N2O. The fourth-order valence-corrected chi connectivity index (χ4v) is 3.08. The smallest absolute Gasteiger partial charge is 0.0586 e. The Labute approximate surface area is 109 Å². The highest BCUT2D eigenvalue weighted by molar-refractivity contribution is 5.28. The molecule has 0 saturated carbocycles. The van der Waals surface area contributed by atoms with Gasteiger partial charge >= 0.3 is 0 Å². The quantitative estimate of drug-likeness (QED) is 0.868. The van der Waals surface area contributed by atoms with Crippen LogP contribution in [0, 0.1) is 0 Å². The van der Waals surface area contributed by atoms with E-state index in [4.69, 9.17) is 4.74 Å². The molecule has 18 heavy (non-hydrogen) atoms. The number of nitrogens with zero attached hydrogens (tertiary/aromatic N) is 1. The highest BCUT2D eigenvalue weighted by atomic mass is 16.5. The fraction of sp³-hybridized carbons (Fsp3) is 0.600. The maximum Gasteiger partial charge on any atom is 0.0586 e. The predicted molar refractivity (Wildman–Crippen MR) is 72.8 cm³/mol. The van der Waals surface area contributed by atoms with Crippen molar-refractivity contribution in [1.29, 1.82) is 0 Å². The molecule has 1 N–H and O–H groups in total. The SMILES string of the molecule is CN1CCNCC1CC1(c2ccccc2)COC1. The summed E-state index contributed by atoms with van der Waals surface area (Å²) in [6, 6.07) is 11.5.